The van der Waals surface area contributed by atoms with Gasteiger partial charge in [-0.1, -0.05) is 0 Å². The van der Waals surface area contributed by atoms with E-state index in [0.29, 0.717) is 30.0 Å². The van der Waals surface area contributed by atoms with Gasteiger partial charge in [0.2, 0.25) is 5.91 Å². The van der Waals surface area contributed by atoms with E-state index in [2.05, 4.69) is 5.32 Å². The number of carboxylic acids is 1. The molecule has 0 fully saturated rings. The molecule has 1 aliphatic heterocycles. The molecule has 2 amide bonds. The predicted octanol–water partition coefficient (Wildman–Crippen LogP) is 1.67. The lowest BCUT2D eigenvalue weighted by molar-refractivity contribution is -0.137. The first kappa shape index (κ1) is 15.4. The van der Waals surface area contributed by atoms with Crippen molar-refractivity contribution in [3.8, 4) is 0 Å². The highest BCUT2D eigenvalue weighted by Crippen LogP contribution is 2.32. The molecule has 0 unspecified atom stereocenters. The molecular weight excluding hydrogens is 292 g/mol. The van der Waals surface area contributed by atoms with Gasteiger partial charge in [-0.15, -0.1) is 11.8 Å². The molecule has 0 atom stereocenters. The molecule has 7 heteroatoms. The van der Waals surface area contributed by atoms with Gasteiger partial charge >= 0.3 is 5.97 Å². The smallest absolute Gasteiger partial charge is 0.303 e. The number of thioether (sulfide) groups is 1. The molecule has 1 aromatic rings. The predicted molar refractivity (Wildman–Crippen MR) is 79.6 cm³/mol. The maximum absolute atomic E-state index is 12.2. The number of carbonyl (C=O) groups is 3. The van der Waals surface area contributed by atoms with Crippen molar-refractivity contribution in [3.63, 3.8) is 0 Å². The van der Waals surface area contributed by atoms with Crippen LogP contribution < -0.4 is 5.32 Å². The average molecular weight is 308 g/mol. The van der Waals surface area contributed by atoms with E-state index in [1.165, 1.54) is 16.7 Å². The van der Waals surface area contributed by atoms with Gasteiger partial charge in [-0.25, -0.2) is 0 Å². The zero-order chi connectivity index (χ0) is 15.4. The van der Waals surface area contributed by atoms with Crippen LogP contribution in [0.5, 0.6) is 0 Å². The highest BCUT2D eigenvalue weighted by Gasteiger charge is 2.18. The number of nitrogens with one attached hydrogen (secondary N) is 1. The van der Waals surface area contributed by atoms with Crippen molar-refractivity contribution in [3.05, 3.63) is 23.8 Å². The van der Waals surface area contributed by atoms with Gasteiger partial charge in [-0.3, -0.25) is 14.4 Å². The summed E-state index contributed by atoms with van der Waals surface area (Å²) in [4.78, 5) is 36.5. The zero-order valence-electron chi connectivity index (χ0n) is 11.6. The molecule has 0 aliphatic carbocycles. The average Bonchev–Trinajstić information content (AvgIpc) is 2.45. The first-order valence-electron chi connectivity index (χ1n) is 6.51. The Kier molecular flexibility index (Phi) is 4.85. The molecule has 0 radical (unpaired) electrons. The van der Waals surface area contributed by atoms with E-state index in [-0.39, 0.29) is 18.2 Å². The summed E-state index contributed by atoms with van der Waals surface area (Å²) in [7, 11) is 1.64. The standard InChI is InChI=1S/C14H16N2O4S/c1-16(6-2-3-13(18)19)14(20)9-4-5-11-10(7-9)15-12(17)8-21-11/h4-5,7H,2-3,6,8H2,1H3,(H,15,17)(H,18,19). The van der Waals surface area contributed by atoms with E-state index in [0.717, 1.165) is 4.90 Å². The van der Waals surface area contributed by atoms with Crippen LogP contribution in [-0.2, 0) is 9.59 Å². The molecule has 1 aromatic carbocycles. The lowest BCUT2D eigenvalue weighted by Crippen LogP contribution is -2.28. The molecule has 0 saturated carbocycles. The van der Waals surface area contributed by atoms with Crippen LogP contribution in [0.1, 0.15) is 23.2 Å². The van der Waals surface area contributed by atoms with Crippen molar-refractivity contribution in [2.45, 2.75) is 17.7 Å². The van der Waals surface area contributed by atoms with Crippen molar-refractivity contribution in [1.29, 1.82) is 0 Å². The second kappa shape index (κ2) is 6.62. The Bertz CT molecular complexity index is 588. The minimum Gasteiger partial charge on any atom is -0.481 e. The first-order chi connectivity index (χ1) is 9.97. The maximum Gasteiger partial charge on any atom is 0.303 e. The summed E-state index contributed by atoms with van der Waals surface area (Å²) in [6.07, 6.45) is 0.448. The summed E-state index contributed by atoms with van der Waals surface area (Å²) in [5, 5.41) is 11.3. The molecule has 2 rings (SSSR count). The molecule has 0 bridgehead atoms. The fraction of sp³-hybridized carbons (Fsp3) is 0.357. The molecule has 0 aromatic heterocycles. The topological polar surface area (TPSA) is 86.7 Å². The van der Waals surface area contributed by atoms with Gasteiger partial charge in [0.05, 0.1) is 11.4 Å². The third-order valence-corrected chi connectivity index (χ3v) is 4.16. The van der Waals surface area contributed by atoms with Crippen molar-refractivity contribution in [2.75, 3.05) is 24.7 Å². The number of aliphatic carboxylic acids is 1. The Labute approximate surface area is 126 Å². The van der Waals surface area contributed by atoms with E-state index in [1.54, 1.807) is 19.2 Å². The summed E-state index contributed by atoms with van der Waals surface area (Å²) < 4.78 is 0. The van der Waals surface area contributed by atoms with E-state index in [1.807, 2.05) is 6.07 Å². The van der Waals surface area contributed by atoms with Gasteiger partial charge in [0.25, 0.3) is 5.91 Å². The van der Waals surface area contributed by atoms with Crippen LogP contribution in [0.3, 0.4) is 0 Å². The maximum atomic E-state index is 12.2. The minimum absolute atomic E-state index is 0.0362. The van der Waals surface area contributed by atoms with Crippen LogP contribution in [0.15, 0.2) is 23.1 Å². The molecule has 1 heterocycles. The van der Waals surface area contributed by atoms with Gasteiger partial charge < -0.3 is 15.3 Å². The third kappa shape index (κ3) is 3.98. The van der Waals surface area contributed by atoms with Crippen LogP contribution >= 0.6 is 11.8 Å². The quantitative estimate of drug-likeness (QED) is 0.864. The van der Waals surface area contributed by atoms with E-state index >= 15 is 0 Å². The number of carbonyl (C=O) groups excluding carboxylic acids is 2. The number of rotatable bonds is 5. The van der Waals surface area contributed by atoms with Crippen LogP contribution in [0.2, 0.25) is 0 Å². The second-order valence-electron chi connectivity index (χ2n) is 4.77. The minimum atomic E-state index is -0.871. The van der Waals surface area contributed by atoms with Gasteiger partial charge in [0, 0.05) is 30.5 Å². The van der Waals surface area contributed by atoms with Crippen LogP contribution in [0.4, 0.5) is 5.69 Å². The van der Waals surface area contributed by atoms with Gasteiger partial charge in [-0.05, 0) is 24.6 Å². The van der Waals surface area contributed by atoms with E-state index < -0.39 is 5.97 Å². The Morgan fingerprint density at radius 2 is 2.19 bits per heavy atom. The SMILES string of the molecule is CN(CCCC(=O)O)C(=O)c1ccc2c(c1)NC(=O)CS2. The molecule has 112 valence electrons. The number of fused-ring (bicyclic) bond motifs is 1. The summed E-state index contributed by atoms with van der Waals surface area (Å²) in [5.74, 6) is -0.751. The Balaban J connectivity index is 2.04. The number of benzene rings is 1. The first-order valence-corrected chi connectivity index (χ1v) is 7.50. The molecule has 2 N–H and O–H groups in total. The molecule has 21 heavy (non-hydrogen) atoms. The van der Waals surface area contributed by atoms with Crippen molar-refractivity contribution in [2.24, 2.45) is 0 Å². The Morgan fingerprint density at radius 1 is 1.43 bits per heavy atom. The molecule has 1 aliphatic rings. The Hall–Kier alpha value is -2.02. The number of hydrogen-bond donors (Lipinski definition) is 2. The fourth-order valence-electron chi connectivity index (χ4n) is 2.01. The van der Waals surface area contributed by atoms with Crippen molar-refractivity contribution < 1.29 is 19.5 Å². The highest BCUT2D eigenvalue weighted by molar-refractivity contribution is 8.00. The van der Waals surface area contributed by atoms with Crippen LogP contribution in [0.25, 0.3) is 0 Å². The summed E-state index contributed by atoms with van der Waals surface area (Å²) in [5.41, 5.74) is 1.13. The van der Waals surface area contributed by atoms with Gasteiger partial charge in [-0.2, -0.15) is 0 Å². The summed E-state index contributed by atoms with van der Waals surface area (Å²) >= 11 is 1.44. The molecule has 0 spiro atoms. The van der Waals surface area contributed by atoms with E-state index in [4.69, 9.17) is 5.11 Å². The van der Waals surface area contributed by atoms with Crippen molar-refractivity contribution >= 4 is 35.2 Å². The number of anilines is 1. The Morgan fingerprint density at radius 3 is 2.90 bits per heavy atom. The van der Waals surface area contributed by atoms with E-state index in [9.17, 15) is 14.4 Å². The van der Waals surface area contributed by atoms with Crippen LogP contribution in [0, 0.1) is 0 Å². The number of amides is 2. The number of carboxylic acid groups (broad SMARTS) is 1. The molecular formula is C14H16N2O4S. The number of nitrogens with zero attached hydrogens (tertiary/aromatic N) is 1. The lowest BCUT2D eigenvalue weighted by Gasteiger charge is -2.20. The highest BCUT2D eigenvalue weighted by atomic mass is 32.2. The van der Waals surface area contributed by atoms with Gasteiger partial charge in [0.15, 0.2) is 0 Å². The third-order valence-electron chi connectivity index (χ3n) is 3.09. The summed E-state index contributed by atoms with van der Waals surface area (Å²) in [6.45, 7) is 0.378. The lowest BCUT2D eigenvalue weighted by atomic mass is 10.1. The normalized spacial score (nSPS) is 13.3. The monoisotopic (exact) mass is 308 g/mol. The fourth-order valence-corrected chi connectivity index (χ4v) is 2.79. The molecule has 0 saturated heterocycles. The second-order valence-corrected chi connectivity index (χ2v) is 5.79. The molecule has 6 nitrogen and oxygen atoms in total. The summed E-state index contributed by atoms with van der Waals surface area (Å²) in [6, 6.07) is 5.20. The number of hydrogen-bond acceptors (Lipinski definition) is 4. The largest absolute Gasteiger partial charge is 0.481 e. The van der Waals surface area contributed by atoms with Crippen LogP contribution in [-0.4, -0.2) is 47.1 Å². The van der Waals surface area contributed by atoms with Crippen molar-refractivity contribution in [1.82, 2.24) is 4.90 Å². The van der Waals surface area contributed by atoms with Gasteiger partial charge in [0.1, 0.15) is 0 Å². The zero-order valence-corrected chi connectivity index (χ0v) is 12.4.